The van der Waals surface area contributed by atoms with Crippen molar-refractivity contribution < 1.29 is 14.7 Å². The largest absolute Gasteiger partial charge is 0.481 e. The summed E-state index contributed by atoms with van der Waals surface area (Å²) in [5.41, 5.74) is 0. The van der Waals surface area contributed by atoms with Crippen LogP contribution in [0, 0.1) is 5.92 Å². The number of carbonyl (C=O) groups excluding carboxylic acids is 1. The highest BCUT2D eigenvalue weighted by Crippen LogP contribution is 2.27. The van der Waals surface area contributed by atoms with Gasteiger partial charge in [-0.05, 0) is 25.2 Å². The van der Waals surface area contributed by atoms with Gasteiger partial charge < -0.3 is 14.9 Å². The summed E-state index contributed by atoms with van der Waals surface area (Å²) < 4.78 is 0. The number of carboxylic acids is 1. The van der Waals surface area contributed by atoms with Crippen LogP contribution in [-0.2, 0) is 4.79 Å². The maximum absolute atomic E-state index is 12.2. The van der Waals surface area contributed by atoms with Crippen molar-refractivity contribution in [3.05, 3.63) is 0 Å². The van der Waals surface area contributed by atoms with Crippen LogP contribution >= 0.6 is 0 Å². The lowest BCUT2D eigenvalue weighted by atomic mass is 10.1. The molecule has 1 aliphatic carbocycles. The molecule has 2 amide bonds. The van der Waals surface area contributed by atoms with Crippen LogP contribution in [-0.4, -0.2) is 53.1 Å². The fourth-order valence-corrected chi connectivity index (χ4v) is 1.80. The number of nitrogens with zero attached hydrogens (tertiary/aromatic N) is 2. The SMILES string of the molecule is CC(C)CCN(C)C(=O)N(CCC(=O)O)C1CC1. The van der Waals surface area contributed by atoms with Crippen molar-refractivity contribution in [3.8, 4) is 0 Å². The van der Waals surface area contributed by atoms with Crippen molar-refractivity contribution in [2.45, 2.75) is 45.6 Å². The molecule has 0 aromatic heterocycles. The fourth-order valence-electron chi connectivity index (χ4n) is 1.80. The van der Waals surface area contributed by atoms with E-state index in [1.165, 1.54) is 0 Å². The first-order valence-corrected chi connectivity index (χ1v) is 6.65. The van der Waals surface area contributed by atoms with Gasteiger partial charge in [0, 0.05) is 26.2 Å². The molecule has 1 saturated carbocycles. The topological polar surface area (TPSA) is 60.9 Å². The van der Waals surface area contributed by atoms with Crippen LogP contribution < -0.4 is 0 Å². The van der Waals surface area contributed by atoms with Crippen molar-refractivity contribution >= 4 is 12.0 Å². The Balaban J connectivity index is 2.45. The van der Waals surface area contributed by atoms with Gasteiger partial charge in [-0.1, -0.05) is 13.8 Å². The van der Waals surface area contributed by atoms with E-state index in [4.69, 9.17) is 5.11 Å². The molecule has 0 saturated heterocycles. The predicted octanol–water partition coefficient (Wildman–Crippen LogP) is 2.02. The van der Waals surface area contributed by atoms with Crippen molar-refractivity contribution in [1.82, 2.24) is 9.80 Å². The molecule has 1 N–H and O–H groups in total. The maximum Gasteiger partial charge on any atom is 0.320 e. The highest BCUT2D eigenvalue weighted by atomic mass is 16.4. The van der Waals surface area contributed by atoms with Gasteiger partial charge in [0.25, 0.3) is 0 Å². The van der Waals surface area contributed by atoms with E-state index >= 15 is 0 Å². The van der Waals surface area contributed by atoms with Gasteiger partial charge in [0.1, 0.15) is 0 Å². The summed E-state index contributed by atoms with van der Waals surface area (Å²) >= 11 is 0. The van der Waals surface area contributed by atoms with Gasteiger partial charge in [0.15, 0.2) is 0 Å². The van der Waals surface area contributed by atoms with Crippen molar-refractivity contribution in [1.29, 1.82) is 0 Å². The van der Waals surface area contributed by atoms with Crippen LogP contribution in [0.3, 0.4) is 0 Å². The number of rotatable bonds is 7. The molecule has 0 aromatic rings. The maximum atomic E-state index is 12.2. The van der Waals surface area contributed by atoms with Gasteiger partial charge in [-0.3, -0.25) is 4.79 Å². The molecule has 0 atom stereocenters. The molecule has 1 fully saturated rings. The molecule has 1 aliphatic rings. The van der Waals surface area contributed by atoms with Gasteiger partial charge in [-0.15, -0.1) is 0 Å². The van der Waals surface area contributed by atoms with Crippen LogP contribution in [0.25, 0.3) is 0 Å². The number of aliphatic carboxylic acids is 1. The molecule has 5 heteroatoms. The minimum absolute atomic E-state index is 0.0280. The molecular formula is C13H24N2O3. The van der Waals surface area contributed by atoms with Crippen LogP contribution in [0.1, 0.15) is 39.5 Å². The Labute approximate surface area is 109 Å². The molecule has 0 aromatic carbocycles. The molecule has 104 valence electrons. The summed E-state index contributed by atoms with van der Waals surface area (Å²) in [4.78, 5) is 26.2. The Hall–Kier alpha value is -1.26. The van der Waals surface area contributed by atoms with E-state index in [1.54, 1.807) is 16.8 Å². The van der Waals surface area contributed by atoms with Crippen LogP contribution in [0.5, 0.6) is 0 Å². The predicted molar refractivity (Wildman–Crippen MR) is 69.5 cm³/mol. The van der Waals surface area contributed by atoms with Crippen LogP contribution in [0.4, 0.5) is 4.79 Å². The third-order valence-electron chi connectivity index (χ3n) is 3.17. The van der Waals surface area contributed by atoms with E-state index in [0.717, 1.165) is 25.8 Å². The summed E-state index contributed by atoms with van der Waals surface area (Å²) in [6.45, 7) is 5.31. The molecule has 18 heavy (non-hydrogen) atoms. The number of urea groups is 1. The molecule has 0 aliphatic heterocycles. The highest BCUT2D eigenvalue weighted by molar-refractivity contribution is 5.76. The van der Waals surface area contributed by atoms with Gasteiger partial charge >= 0.3 is 12.0 Å². The Morgan fingerprint density at radius 2 is 1.89 bits per heavy atom. The van der Waals surface area contributed by atoms with Gasteiger partial charge in [0.2, 0.25) is 0 Å². The summed E-state index contributed by atoms with van der Waals surface area (Å²) in [5, 5.41) is 8.71. The number of amides is 2. The minimum atomic E-state index is -0.849. The van der Waals surface area contributed by atoms with E-state index < -0.39 is 5.97 Å². The van der Waals surface area contributed by atoms with E-state index in [9.17, 15) is 9.59 Å². The summed E-state index contributed by atoms with van der Waals surface area (Å²) in [6, 6.07) is 0.234. The standard InChI is InChI=1S/C13H24N2O3/c1-10(2)6-8-14(3)13(18)15(11-4-5-11)9-7-12(16)17/h10-11H,4-9H2,1-3H3,(H,16,17). The Bertz CT molecular complexity index is 301. The lowest BCUT2D eigenvalue weighted by Crippen LogP contribution is -2.44. The second-order valence-corrected chi connectivity index (χ2v) is 5.45. The molecular weight excluding hydrogens is 232 g/mol. The average molecular weight is 256 g/mol. The minimum Gasteiger partial charge on any atom is -0.481 e. The van der Waals surface area contributed by atoms with Crippen molar-refractivity contribution in [3.63, 3.8) is 0 Å². The average Bonchev–Trinajstić information content (AvgIpc) is 3.09. The zero-order chi connectivity index (χ0) is 13.7. The summed E-state index contributed by atoms with van der Waals surface area (Å²) in [6.07, 6.45) is 3.01. The van der Waals surface area contributed by atoms with E-state index in [2.05, 4.69) is 13.8 Å². The van der Waals surface area contributed by atoms with Crippen molar-refractivity contribution in [2.75, 3.05) is 20.1 Å². The second-order valence-electron chi connectivity index (χ2n) is 5.45. The molecule has 0 unspecified atom stereocenters. The first-order valence-electron chi connectivity index (χ1n) is 6.65. The molecule has 1 rings (SSSR count). The monoisotopic (exact) mass is 256 g/mol. The molecule has 5 nitrogen and oxygen atoms in total. The van der Waals surface area contributed by atoms with Crippen molar-refractivity contribution in [2.24, 2.45) is 5.92 Å². The summed E-state index contributed by atoms with van der Waals surface area (Å²) in [7, 11) is 1.79. The third-order valence-corrected chi connectivity index (χ3v) is 3.17. The molecule has 0 heterocycles. The number of carboxylic acid groups (broad SMARTS) is 1. The highest BCUT2D eigenvalue weighted by Gasteiger charge is 2.33. The smallest absolute Gasteiger partial charge is 0.320 e. The number of hydrogen-bond acceptors (Lipinski definition) is 2. The van der Waals surface area contributed by atoms with E-state index in [0.29, 0.717) is 12.5 Å². The Morgan fingerprint density at radius 3 is 2.33 bits per heavy atom. The number of hydrogen-bond donors (Lipinski definition) is 1. The van der Waals surface area contributed by atoms with Gasteiger partial charge in [-0.2, -0.15) is 0 Å². The third kappa shape index (κ3) is 4.94. The Kier molecular flexibility index (Phi) is 5.44. The normalized spacial score (nSPS) is 14.7. The van der Waals surface area contributed by atoms with Gasteiger partial charge in [-0.25, -0.2) is 4.79 Å². The van der Waals surface area contributed by atoms with Crippen LogP contribution in [0.2, 0.25) is 0 Å². The fraction of sp³-hybridized carbons (Fsp3) is 0.846. The summed E-state index contributed by atoms with van der Waals surface area (Å²) in [5.74, 6) is -0.285. The quantitative estimate of drug-likeness (QED) is 0.758. The number of carbonyl (C=O) groups is 2. The first-order chi connectivity index (χ1) is 8.41. The molecule has 0 spiro atoms. The first kappa shape index (κ1) is 14.8. The molecule has 0 radical (unpaired) electrons. The molecule has 0 bridgehead atoms. The zero-order valence-electron chi connectivity index (χ0n) is 11.6. The lowest BCUT2D eigenvalue weighted by molar-refractivity contribution is -0.137. The zero-order valence-corrected chi connectivity index (χ0v) is 11.6. The van der Waals surface area contributed by atoms with Gasteiger partial charge in [0.05, 0.1) is 6.42 Å². The van der Waals surface area contributed by atoms with E-state index in [1.807, 2.05) is 0 Å². The second kappa shape index (κ2) is 6.61. The van der Waals surface area contributed by atoms with Crippen LogP contribution in [0.15, 0.2) is 0 Å². The lowest BCUT2D eigenvalue weighted by Gasteiger charge is -2.28. The van der Waals surface area contributed by atoms with E-state index in [-0.39, 0.29) is 18.5 Å². The Morgan fingerprint density at radius 1 is 1.28 bits per heavy atom.